The van der Waals surface area contributed by atoms with Crippen molar-refractivity contribution in [3.63, 3.8) is 0 Å². The molecule has 2 aromatic carbocycles. The molecule has 0 aliphatic rings. The van der Waals surface area contributed by atoms with Crippen LogP contribution in [0.3, 0.4) is 0 Å². The van der Waals surface area contributed by atoms with Crippen molar-refractivity contribution < 1.29 is 9.90 Å². The van der Waals surface area contributed by atoms with Gasteiger partial charge in [0, 0.05) is 10.6 Å². The minimum atomic E-state index is -0.823. The number of carboxylic acids is 1. The van der Waals surface area contributed by atoms with Gasteiger partial charge in [-0.2, -0.15) is 0 Å². The first-order valence-electron chi connectivity index (χ1n) is 7.51. The molecular weight excluding hydrogens is 304 g/mol. The fraction of sp³-hybridized carbons (Fsp3) is 0.250. The summed E-state index contributed by atoms with van der Waals surface area (Å²) >= 11 is 1.78. The van der Waals surface area contributed by atoms with E-state index in [1.54, 1.807) is 18.7 Å². The Morgan fingerprint density at radius 2 is 1.87 bits per heavy atom. The quantitative estimate of drug-likeness (QED) is 0.608. The molecule has 0 amide bonds. The zero-order valence-electron chi connectivity index (χ0n) is 13.4. The summed E-state index contributed by atoms with van der Waals surface area (Å²) in [6, 6.07) is 16.4. The molecule has 1 unspecified atom stereocenters. The van der Waals surface area contributed by atoms with E-state index >= 15 is 0 Å². The number of aryl methyl sites for hydroxylation is 1. The number of hydrogen-bond donors (Lipinski definition) is 1. The average molecular weight is 324 g/mol. The molecule has 0 aliphatic heterocycles. The number of thioether (sulfide) groups is 1. The molecule has 0 fully saturated rings. The summed E-state index contributed by atoms with van der Waals surface area (Å²) < 4.78 is 0. The van der Waals surface area contributed by atoms with E-state index in [1.807, 2.05) is 24.3 Å². The maximum Gasteiger partial charge on any atom is 0.304 e. The van der Waals surface area contributed by atoms with E-state index in [0.29, 0.717) is 0 Å². The van der Waals surface area contributed by atoms with Gasteiger partial charge in [-0.1, -0.05) is 42.3 Å². The number of aliphatic carboxylic acids is 1. The van der Waals surface area contributed by atoms with Crippen molar-refractivity contribution in [2.45, 2.75) is 36.8 Å². The standard InChI is InChI=1S/C20H20O2S/c1-3-6-17(13-20(21)22)16-9-11-19(12-10-16)23-14-18-8-5-4-7-15(18)2/h4-5,7-12,17H,13-14H2,1-2H3,(H,21,22). The summed E-state index contributed by atoms with van der Waals surface area (Å²) in [7, 11) is 0. The van der Waals surface area contributed by atoms with E-state index in [9.17, 15) is 4.79 Å². The van der Waals surface area contributed by atoms with Crippen LogP contribution in [0.1, 0.15) is 36.0 Å². The largest absolute Gasteiger partial charge is 0.481 e. The molecule has 2 aromatic rings. The maximum atomic E-state index is 10.9. The molecule has 1 atom stereocenters. The van der Waals surface area contributed by atoms with E-state index in [2.05, 4.69) is 43.0 Å². The lowest BCUT2D eigenvalue weighted by Crippen LogP contribution is -2.04. The second kappa shape index (κ2) is 8.45. The Hall–Kier alpha value is -2.18. The van der Waals surface area contributed by atoms with Crippen molar-refractivity contribution in [2.75, 3.05) is 0 Å². The van der Waals surface area contributed by atoms with Gasteiger partial charge in [-0.3, -0.25) is 4.79 Å². The van der Waals surface area contributed by atoms with Crippen LogP contribution < -0.4 is 0 Å². The van der Waals surface area contributed by atoms with Crippen LogP contribution in [0, 0.1) is 18.8 Å². The van der Waals surface area contributed by atoms with E-state index in [4.69, 9.17) is 5.11 Å². The van der Waals surface area contributed by atoms with E-state index in [0.717, 1.165) is 11.3 Å². The van der Waals surface area contributed by atoms with Crippen LogP contribution in [0.4, 0.5) is 0 Å². The van der Waals surface area contributed by atoms with Crippen LogP contribution in [-0.2, 0) is 10.5 Å². The molecule has 0 saturated carbocycles. The van der Waals surface area contributed by atoms with Crippen LogP contribution in [-0.4, -0.2) is 11.1 Å². The topological polar surface area (TPSA) is 37.3 Å². The molecule has 0 saturated heterocycles. The predicted octanol–water partition coefficient (Wildman–Crippen LogP) is 4.87. The third-order valence-electron chi connectivity index (χ3n) is 3.64. The molecule has 3 heteroatoms. The van der Waals surface area contributed by atoms with Gasteiger partial charge >= 0.3 is 5.97 Å². The van der Waals surface area contributed by atoms with Gasteiger partial charge < -0.3 is 5.11 Å². The van der Waals surface area contributed by atoms with Crippen molar-refractivity contribution in [2.24, 2.45) is 0 Å². The zero-order valence-corrected chi connectivity index (χ0v) is 14.2. The Bertz CT molecular complexity index is 723. The Labute approximate surface area is 141 Å². The van der Waals surface area contributed by atoms with Crippen LogP contribution in [0.5, 0.6) is 0 Å². The second-order valence-corrected chi connectivity index (χ2v) is 6.38. The van der Waals surface area contributed by atoms with Crippen molar-refractivity contribution in [1.82, 2.24) is 0 Å². The average Bonchev–Trinajstić information content (AvgIpc) is 2.54. The van der Waals surface area contributed by atoms with Crippen molar-refractivity contribution >= 4 is 17.7 Å². The lowest BCUT2D eigenvalue weighted by Gasteiger charge is -2.10. The normalized spacial score (nSPS) is 11.4. The monoisotopic (exact) mass is 324 g/mol. The fourth-order valence-electron chi connectivity index (χ4n) is 2.33. The van der Waals surface area contributed by atoms with Gasteiger partial charge in [0.1, 0.15) is 0 Å². The first kappa shape index (κ1) is 17.2. The minimum absolute atomic E-state index is 0.0382. The number of carbonyl (C=O) groups is 1. The van der Waals surface area contributed by atoms with Gasteiger partial charge in [0.05, 0.1) is 12.3 Å². The highest BCUT2D eigenvalue weighted by Crippen LogP contribution is 2.27. The summed E-state index contributed by atoms with van der Waals surface area (Å²) in [5.41, 5.74) is 3.60. The van der Waals surface area contributed by atoms with Crippen LogP contribution in [0.25, 0.3) is 0 Å². The first-order valence-corrected chi connectivity index (χ1v) is 8.50. The minimum Gasteiger partial charge on any atom is -0.481 e. The van der Waals surface area contributed by atoms with Gasteiger partial charge in [-0.15, -0.1) is 17.7 Å². The molecule has 118 valence electrons. The number of carboxylic acid groups (broad SMARTS) is 1. The Kier molecular flexibility index (Phi) is 6.31. The molecule has 1 N–H and O–H groups in total. The molecule has 0 aromatic heterocycles. The summed E-state index contributed by atoms with van der Waals surface area (Å²) in [6.45, 7) is 3.86. The van der Waals surface area contributed by atoms with Gasteiger partial charge in [0.15, 0.2) is 0 Å². The summed E-state index contributed by atoms with van der Waals surface area (Å²) in [5, 5.41) is 8.99. The molecular formula is C20H20O2S. The molecule has 23 heavy (non-hydrogen) atoms. The summed E-state index contributed by atoms with van der Waals surface area (Å²) in [5.74, 6) is 5.66. The maximum absolute atomic E-state index is 10.9. The van der Waals surface area contributed by atoms with Crippen LogP contribution in [0.15, 0.2) is 53.4 Å². The van der Waals surface area contributed by atoms with Gasteiger partial charge in [-0.05, 0) is 42.7 Å². The molecule has 0 spiro atoms. The highest BCUT2D eigenvalue weighted by atomic mass is 32.2. The van der Waals surface area contributed by atoms with E-state index in [1.165, 1.54) is 16.0 Å². The van der Waals surface area contributed by atoms with E-state index in [-0.39, 0.29) is 12.3 Å². The predicted molar refractivity (Wildman–Crippen MR) is 95.6 cm³/mol. The second-order valence-electron chi connectivity index (χ2n) is 5.33. The smallest absolute Gasteiger partial charge is 0.304 e. The van der Waals surface area contributed by atoms with Gasteiger partial charge in [0.2, 0.25) is 0 Å². The molecule has 2 rings (SSSR count). The SMILES string of the molecule is CC#CC(CC(=O)O)c1ccc(SCc2ccccc2C)cc1. The van der Waals surface area contributed by atoms with Crippen molar-refractivity contribution in [3.05, 3.63) is 65.2 Å². The Morgan fingerprint density at radius 3 is 2.48 bits per heavy atom. The van der Waals surface area contributed by atoms with Gasteiger partial charge in [0.25, 0.3) is 0 Å². The highest BCUT2D eigenvalue weighted by molar-refractivity contribution is 7.98. The fourth-order valence-corrected chi connectivity index (χ4v) is 3.31. The molecule has 0 heterocycles. The summed E-state index contributed by atoms with van der Waals surface area (Å²) in [4.78, 5) is 12.1. The molecule has 0 aliphatic carbocycles. The lowest BCUT2D eigenvalue weighted by molar-refractivity contribution is -0.137. The number of benzene rings is 2. The van der Waals surface area contributed by atoms with Crippen LogP contribution >= 0.6 is 11.8 Å². The summed E-state index contributed by atoms with van der Waals surface area (Å²) in [6.07, 6.45) is 0.0382. The van der Waals surface area contributed by atoms with Gasteiger partial charge in [-0.25, -0.2) is 0 Å². The first-order chi connectivity index (χ1) is 11.1. The highest BCUT2D eigenvalue weighted by Gasteiger charge is 2.13. The van der Waals surface area contributed by atoms with Crippen molar-refractivity contribution in [3.8, 4) is 11.8 Å². The third kappa shape index (κ3) is 5.19. The zero-order chi connectivity index (χ0) is 16.7. The lowest BCUT2D eigenvalue weighted by atomic mass is 9.96. The number of rotatable bonds is 6. The molecule has 2 nitrogen and oxygen atoms in total. The number of hydrogen-bond acceptors (Lipinski definition) is 2. The Balaban J connectivity index is 2.04. The third-order valence-corrected chi connectivity index (χ3v) is 4.70. The Morgan fingerprint density at radius 1 is 1.17 bits per heavy atom. The van der Waals surface area contributed by atoms with Crippen molar-refractivity contribution in [1.29, 1.82) is 0 Å². The molecule has 0 radical (unpaired) electrons. The van der Waals surface area contributed by atoms with Crippen LogP contribution in [0.2, 0.25) is 0 Å². The molecule has 0 bridgehead atoms. The van der Waals surface area contributed by atoms with E-state index < -0.39 is 5.97 Å².